The number of thioether (sulfide) groups is 1. The molecule has 14 heavy (non-hydrogen) atoms. The van der Waals surface area contributed by atoms with Gasteiger partial charge in [-0.1, -0.05) is 19.8 Å². The molecule has 0 heterocycles. The Kier molecular flexibility index (Phi) is 5.90. The smallest absolute Gasteiger partial charge is 0.0693 e. The maximum absolute atomic E-state index is 9.81. The molecule has 0 bridgehead atoms. The normalized spacial score (nSPS) is 30.2. The van der Waals surface area contributed by atoms with Crippen molar-refractivity contribution < 1.29 is 5.11 Å². The molecule has 3 atom stereocenters. The monoisotopic (exact) mass is 217 g/mol. The van der Waals surface area contributed by atoms with Crippen LogP contribution in [0.15, 0.2) is 0 Å². The van der Waals surface area contributed by atoms with Gasteiger partial charge in [0.1, 0.15) is 0 Å². The van der Waals surface area contributed by atoms with E-state index in [9.17, 15) is 5.11 Å². The minimum absolute atomic E-state index is 0.111. The lowest BCUT2D eigenvalue weighted by Crippen LogP contribution is -2.47. The quantitative estimate of drug-likeness (QED) is 0.739. The molecule has 0 saturated heterocycles. The molecule has 0 amide bonds. The Morgan fingerprint density at radius 2 is 2.14 bits per heavy atom. The van der Waals surface area contributed by atoms with E-state index >= 15 is 0 Å². The van der Waals surface area contributed by atoms with Gasteiger partial charge in [0.05, 0.1) is 6.10 Å². The first-order valence-corrected chi connectivity index (χ1v) is 7.10. The lowest BCUT2D eigenvalue weighted by molar-refractivity contribution is 0.0860. The number of aliphatic hydroxyl groups is 1. The first-order chi connectivity index (χ1) is 6.77. The van der Waals surface area contributed by atoms with Crippen molar-refractivity contribution in [3.05, 3.63) is 0 Å². The number of nitrogens with one attached hydrogen (secondary N) is 1. The van der Waals surface area contributed by atoms with E-state index in [-0.39, 0.29) is 6.10 Å². The third-order valence-electron chi connectivity index (χ3n) is 3.04. The zero-order valence-electron chi connectivity index (χ0n) is 9.33. The van der Waals surface area contributed by atoms with E-state index in [2.05, 4.69) is 18.5 Å². The molecule has 3 unspecified atom stereocenters. The van der Waals surface area contributed by atoms with Crippen LogP contribution in [0.1, 0.15) is 39.0 Å². The summed E-state index contributed by atoms with van der Waals surface area (Å²) >= 11 is 1.88. The van der Waals surface area contributed by atoms with Crippen LogP contribution in [0.2, 0.25) is 0 Å². The van der Waals surface area contributed by atoms with Gasteiger partial charge in [0, 0.05) is 17.8 Å². The molecule has 3 heteroatoms. The third kappa shape index (κ3) is 3.79. The molecule has 0 radical (unpaired) electrons. The summed E-state index contributed by atoms with van der Waals surface area (Å²) in [5.41, 5.74) is 0. The molecule has 1 aliphatic rings. The van der Waals surface area contributed by atoms with Crippen LogP contribution in [0.3, 0.4) is 0 Å². The fourth-order valence-electron chi connectivity index (χ4n) is 2.09. The van der Waals surface area contributed by atoms with Crippen LogP contribution in [-0.4, -0.2) is 35.3 Å². The van der Waals surface area contributed by atoms with Gasteiger partial charge in [-0.05, 0) is 25.5 Å². The Bertz CT molecular complexity index is 154. The van der Waals surface area contributed by atoms with E-state index in [1.165, 1.54) is 12.8 Å². The van der Waals surface area contributed by atoms with Gasteiger partial charge in [0.15, 0.2) is 0 Å². The highest BCUT2D eigenvalue weighted by molar-refractivity contribution is 7.98. The van der Waals surface area contributed by atoms with Crippen LogP contribution in [0, 0.1) is 0 Å². The highest BCUT2D eigenvalue weighted by atomic mass is 32.2. The van der Waals surface area contributed by atoms with Crippen molar-refractivity contribution in [3.8, 4) is 0 Å². The average molecular weight is 217 g/mol. The van der Waals surface area contributed by atoms with Crippen LogP contribution in [0.5, 0.6) is 0 Å². The summed E-state index contributed by atoms with van der Waals surface area (Å²) in [4.78, 5) is 0. The predicted molar refractivity (Wildman–Crippen MR) is 63.9 cm³/mol. The third-order valence-corrected chi connectivity index (χ3v) is 3.78. The Hall–Kier alpha value is 0.270. The van der Waals surface area contributed by atoms with E-state index in [0.717, 1.165) is 25.0 Å². The first-order valence-electron chi connectivity index (χ1n) is 5.71. The van der Waals surface area contributed by atoms with Crippen LogP contribution in [-0.2, 0) is 0 Å². The van der Waals surface area contributed by atoms with Gasteiger partial charge in [-0.3, -0.25) is 0 Å². The zero-order valence-corrected chi connectivity index (χ0v) is 10.1. The van der Waals surface area contributed by atoms with Crippen molar-refractivity contribution in [1.82, 2.24) is 5.32 Å². The summed E-state index contributed by atoms with van der Waals surface area (Å²) in [5, 5.41) is 13.4. The minimum Gasteiger partial charge on any atom is -0.392 e. The first kappa shape index (κ1) is 12.3. The van der Waals surface area contributed by atoms with Crippen LogP contribution < -0.4 is 5.32 Å². The van der Waals surface area contributed by atoms with Crippen molar-refractivity contribution in [3.63, 3.8) is 0 Å². The summed E-state index contributed by atoms with van der Waals surface area (Å²) in [6, 6.07) is 0.920. The number of hydrogen-bond acceptors (Lipinski definition) is 3. The maximum Gasteiger partial charge on any atom is 0.0693 e. The molecule has 0 aromatic carbocycles. The Labute approximate surface area is 91.9 Å². The molecule has 1 rings (SSSR count). The summed E-state index contributed by atoms with van der Waals surface area (Å²) in [5.74, 6) is 1.15. The molecule has 84 valence electrons. The fourth-order valence-corrected chi connectivity index (χ4v) is 2.83. The second-order valence-corrected chi connectivity index (χ2v) is 5.10. The molecule has 0 aliphatic heterocycles. The van der Waals surface area contributed by atoms with Gasteiger partial charge in [0.25, 0.3) is 0 Å². The van der Waals surface area contributed by atoms with Gasteiger partial charge in [0.2, 0.25) is 0 Å². The number of hydrogen-bond donors (Lipinski definition) is 2. The second kappa shape index (κ2) is 6.70. The summed E-state index contributed by atoms with van der Waals surface area (Å²) in [7, 11) is 0. The van der Waals surface area contributed by atoms with Crippen molar-refractivity contribution in [2.45, 2.75) is 57.2 Å². The molecular weight excluding hydrogens is 194 g/mol. The predicted octanol–water partition coefficient (Wildman–Crippen LogP) is 2.02. The van der Waals surface area contributed by atoms with Crippen molar-refractivity contribution in [2.75, 3.05) is 12.0 Å². The zero-order chi connectivity index (χ0) is 10.4. The van der Waals surface area contributed by atoms with Gasteiger partial charge < -0.3 is 10.4 Å². The van der Waals surface area contributed by atoms with Gasteiger partial charge >= 0.3 is 0 Å². The molecule has 0 aromatic heterocycles. The minimum atomic E-state index is -0.111. The maximum atomic E-state index is 9.81. The van der Waals surface area contributed by atoms with Gasteiger partial charge in [-0.2, -0.15) is 11.8 Å². The molecule has 1 fully saturated rings. The Morgan fingerprint density at radius 3 is 2.71 bits per heavy atom. The van der Waals surface area contributed by atoms with Crippen molar-refractivity contribution in [2.24, 2.45) is 0 Å². The lowest BCUT2D eigenvalue weighted by Gasteiger charge is -2.31. The summed E-state index contributed by atoms with van der Waals surface area (Å²) in [6.45, 7) is 2.21. The highest BCUT2D eigenvalue weighted by Gasteiger charge is 2.24. The van der Waals surface area contributed by atoms with E-state index in [4.69, 9.17) is 0 Å². The van der Waals surface area contributed by atoms with E-state index in [0.29, 0.717) is 12.1 Å². The SMILES string of the molecule is CCC(CSC)NC1CCCCC1O. The van der Waals surface area contributed by atoms with Crippen LogP contribution in [0.25, 0.3) is 0 Å². The number of aliphatic hydroxyl groups excluding tert-OH is 1. The standard InChI is InChI=1S/C11H23NOS/c1-3-9(8-14-2)12-10-6-4-5-7-11(10)13/h9-13H,3-8H2,1-2H3. The summed E-state index contributed by atoms with van der Waals surface area (Å²) < 4.78 is 0. The molecule has 0 aromatic rings. The molecule has 1 aliphatic carbocycles. The van der Waals surface area contributed by atoms with E-state index in [1.807, 2.05) is 11.8 Å². The largest absolute Gasteiger partial charge is 0.392 e. The molecular formula is C11H23NOS. The van der Waals surface area contributed by atoms with Crippen molar-refractivity contribution >= 4 is 11.8 Å². The van der Waals surface area contributed by atoms with Crippen LogP contribution in [0.4, 0.5) is 0 Å². The Morgan fingerprint density at radius 1 is 1.43 bits per heavy atom. The van der Waals surface area contributed by atoms with Gasteiger partial charge in [-0.15, -0.1) is 0 Å². The molecule has 2 nitrogen and oxygen atoms in total. The molecule has 2 N–H and O–H groups in total. The molecule has 0 spiro atoms. The number of rotatable bonds is 5. The van der Waals surface area contributed by atoms with Crippen molar-refractivity contribution in [1.29, 1.82) is 0 Å². The lowest BCUT2D eigenvalue weighted by atomic mass is 9.92. The highest BCUT2D eigenvalue weighted by Crippen LogP contribution is 2.19. The Balaban J connectivity index is 2.31. The fraction of sp³-hybridized carbons (Fsp3) is 1.00. The second-order valence-electron chi connectivity index (χ2n) is 4.19. The molecule has 1 saturated carbocycles. The topological polar surface area (TPSA) is 32.3 Å². The van der Waals surface area contributed by atoms with E-state index < -0.39 is 0 Å². The van der Waals surface area contributed by atoms with Crippen LogP contribution >= 0.6 is 11.8 Å². The van der Waals surface area contributed by atoms with E-state index in [1.54, 1.807) is 0 Å². The average Bonchev–Trinajstić information content (AvgIpc) is 2.20. The summed E-state index contributed by atoms with van der Waals surface area (Å²) in [6.07, 6.45) is 7.77. The van der Waals surface area contributed by atoms with Gasteiger partial charge in [-0.25, -0.2) is 0 Å².